The van der Waals surface area contributed by atoms with Crippen LogP contribution in [0.1, 0.15) is 38.5 Å². The maximum Gasteiger partial charge on any atom is 0.255 e. The van der Waals surface area contributed by atoms with Crippen molar-refractivity contribution >= 4 is 17.7 Å². The van der Waals surface area contributed by atoms with E-state index in [-0.39, 0.29) is 11.3 Å². The molecule has 1 amide bonds. The summed E-state index contributed by atoms with van der Waals surface area (Å²) in [6.45, 7) is 0.554. The summed E-state index contributed by atoms with van der Waals surface area (Å²) in [5.74, 6) is 0.689. The van der Waals surface area contributed by atoms with Gasteiger partial charge in [0.05, 0.1) is 6.10 Å². The Balaban J connectivity index is 1.80. The van der Waals surface area contributed by atoms with E-state index in [4.69, 9.17) is 0 Å². The first-order valence-corrected chi connectivity index (χ1v) is 8.08. The third-order valence-electron chi connectivity index (χ3n) is 4.17. The lowest BCUT2D eigenvalue weighted by Crippen LogP contribution is -2.29. The average Bonchev–Trinajstić information content (AvgIpc) is 2.77. The lowest BCUT2D eigenvalue weighted by atomic mass is 10.0. The molecule has 2 aliphatic rings. The summed E-state index contributed by atoms with van der Waals surface area (Å²) in [4.78, 5) is 14.6. The Morgan fingerprint density at radius 1 is 1.05 bits per heavy atom. The molecule has 2 heterocycles. The van der Waals surface area contributed by atoms with Crippen molar-refractivity contribution in [3.8, 4) is 0 Å². The van der Waals surface area contributed by atoms with Gasteiger partial charge in [0.1, 0.15) is 5.37 Å². The van der Waals surface area contributed by atoms with E-state index in [1.807, 2.05) is 53.4 Å². The van der Waals surface area contributed by atoms with Crippen LogP contribution in [0.5, 0.6) is 0 Å². The number of aliphatic hydroxyl groups is 1. The molecule has 1 N–H and O–H groups in total. The Morgan fingerprint density at radius 2 is 1.76 bits per heavy atom. The minimum atomic E-state index is -0.476. The van der Waals surface area contributed by atoms with Crippen molar-refractivity contribution in [1.82, 2.24) is 4.90 Å². The topological polar surface area (TPSA) is 40.5 Å². The molecular weight excluding hydrogens is 282 g/mol. The number of thioether (sulfide) groups is 1. The fraction of sp³-hybridized carbons (Fsp3) is 0.235. The van der Waals surface area contributed by atoms with Gasteiger partial charge in [-0.25, -0.2) is 0 Å². The van der Waals surface area contributed by atoms with Gasteiger partial charge in [-0.1, -0.05) is 42.5 Å². The minimum Gasteiger partial charge on any atom is -0.388 e. The predicted molar refractivity (Wildman–Crippen MR) is 82.9 cm³/mol. The molecule has 2 atom stereocenters. The molecule has 2 aliphatic heterocycles. The van der Waals surface area contributed by atoms with Gasteiger partial charge >= 0.3 is 0 Å². The lowest BCUT2D eigenvalue weighted by Gasteiger charge is -2.30. The van der Waals surface area contributed by atoms with Crippen molar-refractivity contribution in [3.63, 3.8) is 0 Å². The molecule has 0 saturated carbocycles. The monoisotopic (exact) mass is 297 g/mol. The quantitative estimate of drug-likeness (QED) is 0.812. The number of benzene rings is 2. The number of rotatable bonds is 0. The molecule has 0 bridgehead atoms. The predicted octanol–water partition coefficient (Wildman–Crippen LogP) is 3.12. The smallest absolute Gasteiger partial charge is 0.255 e. The molecule has 2 aromatic carbocycles. The maximum absolute atomic E-state index is 12.6. The van der Waals surface area contributed by atoms with Crippen LogP contribution in [0.25, 0.3) is 0 Å². The van der Waals surface area contributed by atoms with E-state index in [0.717, 1.165) is 22.3 Å². The normalized spacial score (nSPS) is 23.9. The third kappa shape index (κ3) is 1.98. The van der Waals surface area contributed by atoms with Crippen molar-refractivity contribution < 1.29 is 9.90 Å². The van der Waals surface area contributed by atoms with Gasteiger partial charge in [0, 0.05) is 17.9 Å². The summed E-state index contributed by atoms with van der Waals surface area (Å²) in [5, 5.41) is 10.4. The largest absolute Gasteiger partial charge is 0.388 e. The van der Waals surface area contributed by atoms with Gasteiger partial charge < -0.3 is 10.0 Å². The summed E-state index contributed by atoms with van der Waals surface area (Å²) in [7, 11) is 0. The number of amides is 1. The molecule has 0 unspecified atom stereocenters. The maximum atomic E-state index is 12.6. The van der Waals surface area contributed by atoms with Crippen LogP contribution in [-0.4, -0.2) is 21.7 Å². The first kappa shape index (κ1) is 12.9. The molecule has 0 fully saturated rings. The van der Waals surface area contributed by atoms with Gasteiger partial charge in [-0.2, -0.15) is 0 Å². The number of hydrogen-bond donors (Lipinski definition) is 1. The van der Waals surface area contributed by atoms with Crippen LogP contribution in [0.3, 0.4) is 0 Å². The van der Waals surface area contributed by atoms with E-state index in [0.29, 0.717) is 12.3 Å². The molecule has 0 spiro atoms. The van der Waals surface area contributed by atoms with Crippen LogP contribution in [0.4, 0.5) is 0 Å². The summed E-state index contributed by atoms with van der Waals surface area (Å²) in [6, 6.07) is 15.6. The first-order chi connectivity index (χ1) is 10.3. The summed E-state index contributed by atoms with van der Waals surface area (Å²) in [6.07, 6.45) is -0.476. The molecule has 2 aromatic rings. The minimum absolute atomic E-state index is 0.0108. The van der Waals surface area contributed by atoms with Gasteiger partial charge in [-0.3, -0.25) is 4.79 Å². The van der Waals surface area contributed by atoms with Crippen molar-refractivity contribution in [2.45, 2.75) is 18.0 Å². The van der Waals surface area contributed by atoms with Crippen LogP contribution >= 0.6 is 11.8 Å². The highest BCUT2D eigenvalue weighted by atomic mass is 32.2. The standard InChI is InChI=1S/C17H15NO2S/c19-15-10-21-17-14-8-4-3-7-13(14)16(20)18(17)9-11-5-1-2-6-12(11)15/h1-8,15,17,19H,9-10H2/t15-,17-/m1/s1. The molecule has 0 aromatic heterocycles. The van der Waals surface area contributed by atoms with E-state index in [1.165, 1.54) is 0 Å². The SMILES string of the molecule is O=C1c2ccccc2[C@H]2SC[C@@H](O)c3ccccc3CN12. The Hall–Kier alpha value is -1.78. The molecule has 106 valence electrons. The van der Waals surface area contributed by atoms with Crippen LogP contribution in [0, 0.1) is 0 Å². The molecule has 0 saturated heterocycles. The number of carbonyl (C=O) groups excluding carboxylic acids is 1. The second kappa shape index (κ2) is 4.90. The number of hydrogen-bond acceptors (Lipinski definition) is 3. The second-order valence-corrected chi connectivity index (χ2v) is 6.53. The zero-order valence-corrected chi connectivity index (χ0v) is 12.2. The van der Waals surface area contributed by atoms with Gasteiger partial charge in [0.25, 0.3) is 5.91 Å². The van der Waals surface area contributed by atoms with E-state index in [9.17, 15) is 9.90 Å². The molecule has 0 radical (unpaired) electrons. The zero-order chi connectivity index (χ0) is 14.4. The number of aliphatic hydroxyl groups excluding tert-OH is 1. The summed E-state index contributed by atoms with van der Waals surface area (Å²) in [5.41, 5.74) is 3.84. The molecule has 4 heteroatoms. The highest BCUT2D eigenvalue weighted by Gasteiger charge is 2.38. The highest BCUT2D eigenvalue weighted by Crippen LogP contribution is 2.45. The number of carbonyl (C=O) groups is 1. The molecule has 4 rings (SSSR count). The highest BCUT2D eigenvalue weighted by molar-refractivity contribution is 7.99. The molecular formula is C17H15NO2S. The van der Waals surface area contributed by atoms with Crippen LogP contribution in [0.2, 0.25) is 0 Å². The van der Waals surface area contributed by atoms with E-state index in [2.05, 4.69) is 0 Å². The third-order valence-corrected chi connectivity index (χ3v) is 5.50. The summed E-state index contributed by atoms with van der Waals surface area (Å²) < 4.78 is 0. The first-order valence-electron chi connectivity index (χ1n) is 7.03. The van der Waals surface area contributed by atoms with Crippen molar-refractivity contribution in [1.29, 1.82) is 0 Å². The Morgan fingerprint density at radius 3 is 2.62 bits per heavy atom. The number of fused-ring (bicyclic) bond motifs is 4. The zero-order valence-electron chi connectivity index (χ0n) is 11.4. The fourth-order valence-corrected chi connectivity index (χ4v) is 4.41. The Kier molecular flexibility index (Phi) is 3.01. The van der Waals surface area contributed by atoms with Crippen molar-refractivity contribution in [3.05, 3.63) is 70.8 Å². The fourth-order valence-electron chi connectivity index (χ4n) is 3.13. The lowest BCUT2D eigenvalue weighted by molar-refractivity contribution is 0.0756. The number of nitrogens with zero attached hydrogens (tertiary/aromatic N) is 1. The Labute approximate surface area is 127 Å². The van der Waals surface area contributed by atoms with Crippen molar-refractivity contribution in [2.75, 3.05) is 5.75 Å². The van der Waals surface area contributed by atoms with Crippen LogP contribution in [0.15, 0.2) is 48.5 Å². The molecule has 3 nitrogen and oxygen atoms in total. The molecule has 0 aliphatic carbocycles. The van der Waals surface area contributed by atoms with Crippen molar-refractivity contribution in [2.24, 2.45) is 0 Å². The van der Waals surface area contributed by atoms with E-state index >= 15 is 0 Å². The summed E-state index contributed by atoms with van der Waals surface area (Å²) >= 11 is 1.64. The Bertz CT molecular complexity index is 715. The van der Waals surface area contributed by atoms with Gasteiger partial charge in [0.15, 0.2) is 0 Å². The van der Waals surface area contributed by atoms with Crippen LogP contribution < -0.4 is 0 Å². The van der Waals surface area contributed by atoms with Crippen LogP contribution in [-0.2, 0) is 6.54 Å². The average molecular weight is 297 g/mol. The second-order valence-electron chi connectivity index (χ2n) is 5.42. The van der Waals surface area contributed by atoms with E-state index in [1.54, 1.807) is 11.8 Å². The van der Waals surface area contributed by atoms with E-state index < -0.39 is 6.10 Å². The van der Waals surface area contributed by atoms with Gasteiger partial charge in [-0.15, -0.1) is 11.8 Å². The van der Waals surface area contributed by atoms with Gasteiger partial charge in [-0.05, 0) is 22.8 Å². The van der Waals surface area contributed by atoms with Gasteiger partial charge in [0.2, 0.25) is 0 Å². The molecule has 21 heavy (non-hydrogen) atoms.